The summed E-state index contributed by atoms with van der Waals surface area (Å²) in [6.07, 6.45) is 3.45. The van der Waals surface area contributed by atoms with Gasteiger partial charge in [-0.15, -0.1) is 0 Å². The standard InChI is InChI=1S/C19H22ClN5O2/c1-4-25-15(7-9-21-25)12-23(3)19(26)17-8-10-24(22-17)13-27-18-11-14(2)5-6-16(18)20/h5-11H,4,12-13H2,1-3H3. The van der Waals surface area contributed by atoms with E-state index in [1.165, 1.54) is 0 Å². The number of hydrogen-bond donors (Lipinski definition) is 0. The topological polar surface area (TPSA) is 65.2 Å². The Bertz CT molecular complexity index is 934. The van der Waals surface area contributed by atoms with Crippen LogP contribution in [0.4, 0.5) is 0 Å². The molecule has 0 aliphatic rings. The second-order valence-corrected chi connectivity index (χ2v) is 6.65. The van der Waals surface area contributed by atoms with Gasteiger partial charge in [-0.05, 0) is 43.7 Å². The number of carbonyl (C=O) groups is 1. The molecule has 0 radical (unpaired) electrons. The van der Waals surface area contributed by atoms with Crippen molar-refractivity contribution in [3.63, 3.8) is 0 Å². The first-order valence-corrected chi connectivity index (χ1v) is 9.04. The first kappa shape index (κ1) is 19.0. The summed E-state index contributed by atoms with van der Waals surface area (Å²) in [5.41, 5.74) is 2.39. The lowest BCUT2D eigenvalue weighted by atomic mass is 10.2. The summed E-state index contributed by atoms with van der Waals surface area (Å²) in [5.74, 6) is 0.427. The minimum absolute atomic E-state index is 0.161. The van der Waals surface area contributed by atoms with Crippen molar-refractivity contribution in [2.45, 2.75) is 33.7 Å². The Kier molecular flexibility index (Phi) is 5.81. The van der Waals surface area contributed by atoms with Gasteiger partial charge in [-0.2, -0.15) is 10.2 Å². The van der Waals surface area contributed by atoms with Crippen LogP contribution in [0.2, 0.25) is 5.02 Å². The highest BCUT2D eigenvalue weighted by molar-refractivity contribution is 6.32. The zero-order valence-corrected chi connectivity index (χ0v) is 16.3. The van der Waals surface area contributed by atoms with E-state index in [0.717, 1.165) is 17.8 Å². The predicted molar refractivity (Wildman–Crippen MR) is 103 cm³/mol. The number of hydrogen-bond acceptors (Lipinski definition) is 4. The normalized spacial score (nSPS) is 10.8. The smallest absolute Gasteiger partial charge is 0.274 e. The van der Waals surface area contributed by atoms with Gasteiger partial charge in [0, 0.05) is 26.0 Å². The molecule has 0 fully saturated rings. The van der Waals surface area contributed by atoms with E-state index >= 15 is 0 Å². The maximum absolute atomic E-state index is 12.6. The summed E-state index contributed by atoms with van der Waals surface area (Å²) in [6, 6.07) is 9.16. The number of amides is 1. The van der Waals surface area contributed by atoms with Crippen LogP contribution in [0, 0.1) is 6.92 Å². The average molecular weight is 388 g/mol. The Hall–Kier alpha value is -2.80. The molecular weight excluding hydrogens is 366 g/mol. The Morgan fingerprint density at radius 3 is 2.89 bits per heavy atom. The summed E-state index contributed by atoms with van der Waals surface area (Å²) in [6.45, 7) is 5.38. The van der Waals surface area contributed by atoms with Crippen LogP contribution in [0.25, 0.3) is 0 Å². The van der Waals surface area contributed by atoms with Crippen LogP contribution >= 0.6 is 11.6 Å². The van der Waals surface area contributed by atoms with Crippen LogP contribution in [0.5, 0.6) is 5.75 Å². The molecule has 0 saturated heterocycles. The second-order valence-electron chi connectivity index (χ2n) is 6.25. The van der Waals surface area contributed by atoms with E-state index < -0.39 is 0 Å². The van der Waals surface area contributed by atoms with Gasteiger partial charge in [-0.3, -0.25) is 9.48 Å². The Labute approximate surface area is 163 Å². The van der Waals surface area contributed by atoms with Crippen molar-refractivity contribution in [3.05, 3.63) is 64.7 Å². The molecule has 0 aliphatic carbocycles. The van der Waals surface area contributed by atoms with Crippen LogP contribution < -0.4 is 4.74 Å². The fourth-order valence-electron chi connectivity index (χ4n) is 2.69. The number of aryl methyl sites for hydroxylation is 2. The zero-order valence-electron chi connectivity index (χ0n) is 15.6. The molecule has 1 amide bonds. The first-order chi connectivity index (χ1) is 13.0. The molecule has 2 aromatic heterocycles. The maximum Gasteiger partial charge on any atom is 0.274 e. The van der Waals surface area contributed by atoms with Gasteiger partial charge in [0.05, 0.1) is 17.3 Å². The number of benzene rings is 1. The van der Waals surface area contributed by atoms with E-state index in [9.17, 15) is 4.79 Å². The Morgan fingerprint density at radius 1 is 1.30 bits per heavy atom. The lowest BCUT2D eigenvalue weighted by Crippen LogP contribution is -2.28. The molecular formula is C19H22ClN5O2. The van der Waals surface area contributed by atoms with Crippen LogP contribution in [0.1, 0.15) is 28.7 Å². The SMILES string of the molecule is CCn1nccc1CN(C)C(=O)c1ccn(COc2cc(C)ccc2Cl)n1. The monoisotopic (exact) mass is 387 g/mol. The quantitative estimate of drug-likeness (QED) is 0.623. The molecule has 7 nitrogen and oxygen atoms in total. The summed E-state index contributed by atoms with van der Waals surface area (Å²) >= 11 is 6.13. The lowest BCUT2D eigenvalue weighted by molar-refractivity contribution is 0.0773. The van der Waals surface area contributed by atoms with Crippen molar-refractivity contribution in [2.75, 3.05) is 7.05 Å². The van der Waals surface area contributed by atoms with Crippen molar-refractivity contribution in [3.8, 4) is 5.75 Å². The van der Waals surface area contributed by atoms with Crippen molar-refractivity contribution in [1.29, 1.82) is 0 Å². The highest BCUT2D eigenvalue weighted by Gasteiger charge is 2.16. The number of rotatable bonds is 7. The minimum atomic E-state index is -0.161. The van der Waals surface area contributed by atoms with E-state index in [0.29, 0.717) is 23.0 Å². The largest absolute Gasteiger partial charge is 0.470 e. The molecule has 0 spiro atoms. The highest BCUT2D eigenvalue weighted by atomic mass is 35.5. The zero-order chi connectivity index (χ0) is 19.4. The number of carbonyl (C=O) groups excluding carboxylic acids is 1. The summed E-state index contributed by atoms with van der Waals surface area (Å²) in [5, 5.41) is 9.07. The van der Waals surface area contributed by atoms with E-state index in [2.05, 4.69) is 10.2 Å². The summed E-state index contributed by atoms with van der Waals surface area (Å²) < 4.78 is 9.13. The van der Waals surface area contributed by atoms with Gasteiger partial charge in [0.2, 0.25) is 0 Å². The molecule has 27 heavy (non-hydrogen) atoms. The minimum Gasteiger partial charge on any atom is -0.470 e. The molecule has 0 aliphatic heterocycles. The average Bonchev–Trinajstić information content (AvgIpc) is 3.31. The lowest BCUT2D eigenvalue weighted by Gasteiger charge is -2.16. The van der Waals surface area contributed by atoms with Crippen molar-refractivity contribution < 1.29 is 9.53 Å². The fourth-order valence-corrected chi connectivity index (χ4v) is 2.87. The van der Waals surface area contributed by atoms with Crippen LogP contribution in [0.3, 0.4) is 0 Å². The molecule has 142 valence electrons. The van der Waals surface area contributed by atoms with Gasteiger partial charge >= 0.3 is 0 Å². The first-order valence-electron chi connectivity index (χ1n) is 8.66. The van der Waals surface area contributed by atoms with Crippen molar-refractivity contribution in [2.24, 2.45) is 0 Å². The van der Waals surface area contributed by atoms with Crippen LogP contribution in [-0.2, 0) is 19.8 Å². The van der Waals surface area contributed by atoms with E-state index in [4.69, 9.17) is 16.3 Å². The molecule has 8 heteroatoms. The molecule has 3 aromatic rings. The van der Waals surface area contributed by atoms with E-state index in [1.807, 2.05) is 36.7 Å². The fraction of sp³-hybridized carbons (Fsp3) is 0.316. The Balaban J connectivity index is 1.62. The molecule has 0 saturated carbocycles. The second kappa shape index (κ2) is 8.26. The molecule has 0 N–H and O–H groups in total. The molecule has 2 heterocycles. The third-order valence-corrected chi connectivity index (χ3v) is 4.46. The van der Waals surface area contributed by atoms with Gasteiger partial charge in [-0.25, -0.2) is 4.68 Å². The number of nitrogens with zero attached hydrogens (tertiary/aromatic N) is 5. The molecule has 0 atom stereocenters. The molecule has 0 unspecified atom stereocenters. The number of aromatic nitrogens is 4. The van der Waals surface area contributed by atoms with Crippen LogP contribution in [-0.4, -0.2) is 37.4 Å². The molecule has 1 aromatic carbocycles. The van der Waals surface area contributed by atoms with Crippen molar-refractivity contribution >= 4 is 17.5 Å². The predicted octanol–water partition coefficient (Wildman–Crippen LogP) is 3.37. The van der Waals surface area contributed by atoms with E-state index in [1.54, 1.807) is 41.2 Å². The van der Waals surface area contributed by atoms with Gasteiger partial charge in [0.1, 0.15) is 5.75 Å². The summed E-state index contributed by atoms with van der Waals surface area (Å²) in [4.78, 5) is 14.2. The van der Waals surface area contributed by atoms with Crippen LogP contribution in [0.15, 0.2) is 42.7 Å². The maximum atomic E-state index is 12.6. The molecule has 3 rings (SSSR count). The third kappa shape index (κ3) is 4.49. The van der Waals surface area contributed by atoms with E-state index in [-0.39, 0.29) is 12.6 Å². The number of ether oxygens (including phenoxy) is 1. The third-order valence-electron chi connectivity index (χ3n) is 4.15. The Morgan fingerprint density at radius 2 is 2.11 bits per heavy atom. The summed E-state index contributed by atoms with van der Waals surface area (Å²) in [7, 11) is 1.75. The molecule has 0 bridgehead atoms. The van der Waals surface area contributed by atoms with Gasteiger partial charge in [-0.1, -0.05) is 17.7 Å². The van der Waals surface area contributed by atoms with Crippen molar-refractivity contribution in [1.82, 2.24) is 24.5 Å². The number of halogens is 1. The van der Waals surface area contributed by atoms with Gasteiger partial charge in [0.25, 0.3) is 5.91 Å². The van der Waals surface area contributed by atoms with Gasteiger partial charge in [0.15, 0.2) is 12.4 Å². The highest BCUT2D eigenvalue weighted by Crippen LogP contribution is 2.25. The van der Waals surface area contributed by atoms with Gasteiger partial charge < -0.3 is 9.64 Å².